The minimum atomic E-state index is -3.42. The minimum Gasteiger partial charge on any atom is -0.398 e. The van der Waals surface area contributed by atoms with Crippen LogP contribution in [0.2, 0.25) is 5.02 Å². The molecule has 0 heterocycles. The molecule has 0 unspecified atom stereocenters. The number of nitrogens with two attached hydrogens (primary N) is 1. The summed E-state index contributed by atoms with van der Waals surface area (Å²) in [6.07, 6.45) is 0. The highest BCUT2D eigenvalue weighted by Gasteiger charge is 2.18. The first-order chi connectivity index (χ1) is 8.90. The fourth-order valence-electron chi connectivity index (χ4n) is 1.68. The van der Waals surface area contributed by atoms with E-state index in [1.807, 2.05) is 0 Å². The van der Waals surface area contributed by atoms with Crippen LogP contribution in [0.4, 0.5) is 5.69 Å². The van der Waals surface area contributed by atoms with Gasteiger partial charge in [-0.2, -0.15) is 0 Å². The zero-order valence-corrected chi connectivity index (χ0v) is 13.0. The van der Waals surface area contributed by atoms with Crippen molar-refractivity contribution in [1.82, 2.24) is 0 Å². The van der Waals surface area contributed by atoms with Crippen LogP contribution in [-0.2, 0) is 15.6 Å². The lowest BCUT2D eigenvalue weighted by molar-refractivity contribution is 0.595. The van der Waals surface area contributed by atoms with Crippen LogP contribution in [0.15, 0.2) is 51.8 Å². The molecule has 3 nitrogen and oxygen atoms in total. The van der Waals surface area contributed by atoms with E-state index in [9.17, 15) is 8.42 Å². The largest absolute Gasteiger partial charge is 0.398 e. The van der Waals surface area contributed by atoms with E-state index in [0.717, 1.165) is 0 Å². The number of benzene rings is 2. The van der Waals surface area contributed by atoms with Gasteiger partial charge in [0.05, 0.1) is 21.4 Å². The predicted octanol–water partition coefficient (Wildman–Crippen LogP) is 3.66. The summed E-state index contributed by atoms with van der Waals surface area (Å²) in [5, 5.41) is 0.419. The van der Waals surface area contributed by atoms with Crippen LogP contribution < -0.4 is 5.73 Å². The van der Waals surface area contributed by atoms with Gasteiger partial charge in [0.25, 0.3) is 0 Å². The van der Waals surface area contributed by atoms with E-state index in [4.69, 9.17) is 17.3 Å². The molecule has 19 heavy (non-hydrogen) atoms. The average Bonchev–Trinajstić information content (AvgIpc) is 2.34. The number of hydrogen-bond acceptors (Lipinski definition) is 3. The summed E-state index contributed by atoms with van der Waals surface area (Å²) in [6, 6.07) is 11.6. The van der Waals surface area contributed by atoms with E-state index >= 15 is 0 Å². The number of nitrogen functional groups attached to an aromatic ring is 1. The Labute approximate surface area is 125 Å². The summed E-state index contributed by atoms with van der Waals surface area (Å²) in [5.74, 6) is -0.114. The van der Waals surface area contributed by atoms with Crippen LogP contribution in [-0.4, -0.2) is 8.42 Å². The maximum Gasteiger partial charge on any atom is 0.183 e. The SMILES string of the molecule is Nc1cc(CS(=O)(=O)c2ccccc2Br)ccc1Cl. The van der Waals surface area contributed by atoms with Crippen LogP contribution in [0, 0.1) is 0 Å². The van der Waals surface area contributed by atoms with Gasteiger partial charge in [0.1, 0.15) is 0 Å². The van der Waals surface area contributed by atoms with E-state index in [0.29, 0.717) is 20.7 Å². The topological polar surface area (TPSA) is 60.2 Å². The Morgan fingerprint density at radius 1 is 1.16 bits per heavy atom. The lowest BCUT2D eigenvalue weighted by Crippen LogP contribution is -2.06. The molecule has 0 aliphatic heterocycles. The van der Waals surface area contributed by atoms with Crippen molar-refractivity contribution in [2.45, 2.75) is 10.6 Å². The zero-order chi connectivity index (χ0) is 14.0. The molecule has 100 valence electrons. The Hall–Kier alpha value is -1.04. The third-order valence-electron chi connectivity index (χ3n) is 2.59. The van der Waals surface area contributed by atoms with Gasteiger partial charge >= 0.3 is 0 Å². The fraction of sp³-hybridized carbons (Fsp3) is 0.0769. The van der Waals surface area contributed by atoms with Gasteiger partial charge in [-0.1, -0.05) is 29.8 Å². The zero-order valence-electron chi connectivity index (χ0n) is 9.81. The lowest BCUT2D eigenvalue weighted by atomic mass is 10.2. The van der Waals surface area contributed by atoms with Crippen molar-refractivity contribution in [3.05, 3.63) is 57.5 Å². The molecule has 0 amide bonds. The first kappa shape index (κ1) is 14.4. The van der Waals surface area contributed by atoms with Gasteiger partial charge in [-0.05, 0) is 45.8 Å². The summed E-state index contributed by atoms with van der Waals surface area (Å²) < 4.78 is 25.2. The summed E-state index contributed by atoms with van der Waals surface area (Å²) in [6.45, 7) is 0. The normalized spacial score (nSPS) is 11.5. The third kappa shape index (κ3) is 3.29. The Morgan fingerprint density at radius 2 is 1.84 bits per heavy atom. The molecule has 0 aliphatic rings. The van der Waals surface area contributed by atoms with Crippen LogP contribution in [0.25, 0.3) is 0 Å². The van der Waals surface area contributed by atoms with Crippen molar-refractivity contribution in [3.8, 4) is 0 Å². The molecular formula is C13H11BrClNO2S. The highest BCUT2D eigenvalue weighted by molar-refractivity contribution is 9.10. The van der Waals surface area contributed by atoms with Crippen molar-refractivity contribution in [1.29, 1.82) is 0 Å². The highest BCUT2D eigenvalue weighted by Crippen LogP contribution is 2.26. The van der Waals surface area contributed by atoms with Crippen molar-refractivity contribution in [2.75, 3.05) is 5.73 Å². The maximum absolute atomic E-state index is 12.3. The van der Waals surface area contributed by atoms with Crippen molar-refractivity contribution >= 4 is 43.1 Å². The minimum absolute atomic E-state index is 0.114. The second kappa shape index (κ2) is 5.53. The Morgan fingerprint density at radius 3 is 2.47 bits per heavy atom. The molecule has 0 bridgehead atoms. The monoisotopic (exact) mass is 359 g/mol. The Bertz CT molecular complexity index is 716. The molecule has 0 spiro atoms. The first-order valence-electron chi connectivity index (χ1n) is 5.41. The van der Waals surface area contributed by atoms with Gasteiger partial charge in [0.2, 0.25) is 0 Å². The van der Waals surface area contributed by atoms with E-state index < -0.39 is 9.84 Å². The molecule has 0 saturated carbocycles. The van der Waals surface area contributed by atoms with Gasteiger partial charge in [0.15, 0.2) is 9.84 Å². The molecule has 0 radical (unpaired) electrons. The van der Waals surface area contributed by atoms with Crippen molar-refractivity contribution < 1.29 is 8.42 Å². The molecule has 0 fully saturated rings. The van der Waals surface area contributed by atoms with Gasteiger partial charge < -0.3 is 5.73 Å². The predicted molar refractivity (Wildman–Crippen MR) is 80.9 cm³/mol. The number of halogens is 2. The van der Waals surface area contributed by atoms with E-state index in [-0.39, 0.29) is 10.6 Å². The van der Waals surface area contributed by atoms with Crippen molar-refractivity contribution in [3.63, 3.8) is 0 Å². The smallest absolute Gasteiger partial charge is 0.183 e. The van der Waals surface area contributed by atoms with Gasteiger partial charge in [-0.3, -0.25) is 0 Å². The van der Waals surface area contributed by atoms with Gasteiger partial charge in [0, 0.05) is 4.47 Å². The molecular weight excluding hydrogens is 350 g/mol. The molecule has 2 rings (SSSR count). The quantitative estimate of drug-likeness (QED) is 0.850. The average molecular weight is 361 g/mol. The Kier molecular flexibility index (Phi) is 4.18. The summed E-state index contributed by atoms with van der Waals surface area (Å²) in [7, 11) is -3.42. The summed E-state index contributed by atoms with van der Waals surface area (Å²) >= 11 is 9.06. The molecule has 2 aromatic rings. The van der Waals surface area contributed by atoms with E-state index in [1.165, 1.54) is 0 Å². The first-order valence-corrected chi connectivity index (χ1v) is 8.23. The second-order valence-electron chi connectivity index (χ2n) is 4.05. The Balaban J connectivity index is 2.37. The number of rotatable bonds is 3. The van der Waals surface area contributed by atoms with Crippen LogP contribution in [0.3, 0.4) is 0 Å². The van der Waals surface area contributed by atoms with Crippen LogP contribution in [0.5, 0.6) is 0 Å². The number of hydrogen-bond donors (Lipinski definition) is 1. The molecule has 0 atom stereocenters. The van der Waals surface area contributed by atoms with Crippen LogP contribution in [0.1, 0.15) is 5.56 Å². The lowest BCUT2D eigenvalue weighted by Gasteiger charge is -2.08. The molecule has 0 saturated heterocycles. The molecule has 6 heteroatoms. The number of sulfone groups is 1. The van der Waals surface area contributed by atoms with Gasteiger partial charge in [-0.15, -0.1) is 0 Å². The van der Waals surface area contributed by atoms with Crippen LogP contribution >= 0.6 is 27.5 Å². The standard InChI is InChI=1S/C13H11BrClNO2S/c14-10-3-1-2-4-13(10)19(17,18)8-9-5-6-11(15)12(16)7-9/h1-7H,8,16H2. The summed E-state index contributed by atoms with van der Waals surface area (Å²) in [4.78, 5) is 0.267. The third-order valence-corrected chi connectivity index (χ3v) is 5.63. The highest BCUT2D eigenvalue weighted by atomic mass is 79.9. The summed E-state index contributed by atoms with van der Waals surface area (Å²) in [5.41, 5.74) is 6.66. The fourth-order valence-corrected chi connectivity index (χ4v) is 4.24. The van der Waals surface area contributed by atoms with E-state index in [1.54, 1.807) is 42.5 Å². The molecule has 2 N–H and O–H groups in total. The molecule has 0 aliphatic carbocycles. The number of anilines is 1. The maximum atomic E-state index is 12.3. The van der Waals surface area contributed by atoms with E-state index in [2.05, 4.69) is 15.9 Å². The van der Waals surface area contributed by atoms with Gasteiger partial charge in [-0.25, -0.2) is 8.42 Å². The molecule has 2 aromatic carbocycles. The second-order valence-corrected chi connectivity index (χ2v) is 7.26. The molecule has 0 aromatic heterocycles. The van der Waals surface area contributed by atoms with Crippen molar-refractivity contribution in [2.24, 2.45) is 0 Å².